The van der Waals surface area contributed by atoms with Gasteiger partial charge in [0.1, 0.15) is 6.54 Å². The van der Waals surface area contributed by atoms with E-state index in [0.29, 0.717) is 0 Å². The van der Waals surface area contributed by atoms with Gasteiger partial charge in [-0.2, -0.15) is 4.72 Å². The maximum atomic E-state index is 12.1. The molecule has 0 aromatic heterocycles. The van der Waals surface area contributed by atoms with Crippen molar-refractivity contribution in [2.75, 3.05) is 13.2 Å². The Balaban J connectivity index is 1.77. The summed E-state index contributed by atoms with van der Waals surface area (Å²) >= 11 is 0. The highest BCUT2D eigenvalue weighted by molar-refractivity contribution is 7.89. The van der Waals surface area contributed by atoms with Crippen LogP contribution in [0.4, 0.5) is 0 Å². The maximum absolute atomic E-state index is 12.1. The third kappa shape index (κ3) is 6.99. The van der Waals surface area contributed by atoms with Gasteiger partial charge >= 0.3 is 5.97 Å². The Morgan fingerprint density at radius 3 is 2.24 bits per heavy atom. The predicted octanol–water partition coefficient (Wildman–Crippen LogP) is 2.26. The topological polar surface area (TPSA) is 102 Å². The van der Waals surface area contributed by atoms with Crippen molar-refractivity contribution in [2.45, 2.75) is 38.1 Å². The minimum atomic E-state index is -3.82. The van der Waals surface area contributed by atoms with Gasteiger partial charge in [0.05, 0.1) is 10.9 Å². The lowest BCUT2D eigenvalue weighted by Gasteiger charge is -2.15. The molecule has 2 rings (SSSR count). The predicted molar refractivity (Wildman–Crippen MR) is 110 cm³/mol. The van der Waals surface area contributed by atoms with E-state index < -0.39 is 35.1 Å². The van der Waals surface area contributed by atoms with Crippen molar-refractivity contribution in [2.24, 2.45) is 0 Å². The minimum Gasteiger partial charge on any atom is -0.455 e. The molecule has 0 radical (unpaired) electrons. The van der Waals surface area contributed by atoms with Crippen molar-refractivity contribution >= 4 is 21.9 Å². The number of aryl methyl sites for hydroxylation is 2. The number of amides is 1. The van der Waals surface area contributed by atoms with Crippen LogP contribution in [0.25, 0.3) is 0 Å². The van der Waals surface area contributed by atoms with E-state index in [9.17, 15) is 18.0 Å². The molecule has 0 heterocycles. The van der Waals surface area contributed by atoms with Crippen LogP contribution in [0.2, 0.25) is 0 Å². The van der Waals surface area contributed by atoms with Crippen molar-refractivity contribution < 1.29 is 22.7 Å². The van der Waals surface area contributed by atoms with Crippen molar-refractivity contribution in [3.63, 3.8) is 0 Å². The van der Waals surface area contributed by atoms with Crippen LogP contribution in [0.5, 0.6) is 0 Å². The zero-order chi connectivity index (χ0) is 21.4. The maximum Gasteiger partial charge on any atom is 0.321 e. The van der Waals surface area contributed by atoms with Gasteiger partial charge in [0.2, 0.25) is 10.0 Å². The summed E-state index contributed by atoms with van der Waals surface area (Å²) in [6.45, 7) is 4.69. The first-order valence-electron chi connectivity index (χ1n) is 9.31. The van der Waals surface area contributed by atoms with Crippen LogP contribution >= 0.6 is 0 Å². The number of rotatable bonds is 9. The zero-order valence-electron chi connectivity index (χ0n) is 16.8. The molecule has 0 saturated heterocycles. The molecule has 156 valence electrons. The van der Waals surface area contributed by atoms with Crippen LogP contribution in [0, 0.1) is 6.92 Å². The summed E-state index contributed by atoms with van der Waals surface area (Å²) in [6, 6.07) is 13.9. The molecule has 0 saturated carbocycles. The lowest BCUT2D eigenvalue weighted by molar-refractivity contribution is -0.147. The van der Waals surface area contributed by atoms with Crippen LogP contribution in [-0.2, 0) is 30.8 Å². The molecule has 0 spiro atoms. The fraction of sp³-hybridized carbons (Fsp3) is 0.333. The fourth-order valence-electron chi connectivity index (χ4n) is 2.56. The molecule has 0 aliphatic carbocycles. The lowest BCUT2D eigenvalue weighted by Crippen LogP contribution is -2.34. The number of sulfonamides is 1. The largest absolute Gasteiger partial charge is 0.455 e. The first-order chi connectivity index (χ1) is 13.7. The molecule has 0 unspecified atom stereocenters. The van der Waals surface area contributed by atoms with E-state index in [0.717, 1.165) is 17.5 Å². The SMILES string of the molecule is CCc1ccc([C@H](C)NC(=O)COC(=O)CNS(=O)(=O)c2ccc(C)cc2)cc1. The second kappa shape index (κ2) is 10.2. The van der Waals surface area contributed by atoms with E-state index in [-0.39, 0.29) is 10.9 Å². The number of hydrogen-bond donors (Lipinski definition) is 2. The standard InChI is InChI=1S/C21H26N2O5S/c1-4-17-7-9-18(10-8-17)16(3)23-20(24)14-28-21(25)13-22-29(26,27)19-11-5-15(2)6-12-19/h5-12,16,22H,4,13-14H2,1-3H3,(H,23,24)/t16-/m0/s1. The van der Waals surface area contributed by atoms with Crippen molar-refractivity contribution in [3.05, 3.63) is 65.2 Å². The summed E-state index contributed by atoms with van der Waals surface area (Å²) in [4.78, 5) is 23.8. The number of carbonyl (C=O) groups is 2. The van der Waals surface area contributed by atoms with E-state index in [1.807, 2.05) is 38.1 Å². The quantitative estimate of drug-likeness (QED) is 0.608. The minimum absolute atomic E-state index is 0.0524. The Morgan fingerprint density at radius 1 is 1.03 bits per heavy atom. The number of benzene rings is 2. The summed E-state index contributed by atoms with van der Waals surface area (Å²) in [5.41, 5.74) is 3.06. The Kier molecular flexibility index (Phi) is 7.92. The Morgan fingerprint density at radius 2 is 1.66 bits per heavy atom. The van der Waals surface area contributed by atoms with Gasteiger partial charge in [-0.25, -0.2) is 8.42 Å². The highest BCUT2D eigenvalue weighted by atomic mass is 32.2. The van der Waals surface area contributed by atoms with Crippen molar-refractivity contribution in [1.29, 1.82) is 0 Å². The van der Waals surface area contributed by atoms with E-state index in [1.165, 1.54) is 17.7 Å². The average molecular weight is 419 g/mol. The Labute approximate surface area is 171 Å². The number of nitrogens with one attached hydrogen (secondary N) is 2. The summed E-state index contributed by atoms with van der Waals surface area (Å²) in [5.74, 6) is -1.30. The van der Waals surface area contributed by atoms with E-state index in [2.05, 4.69) is 17.0 Å². The number of esters is 1. The van der Waals surface area contributed by atoms with Crippen LogP contribution in [-0.4, -0.2) is 33.4 Å². The third-order valence-corrected chi connectivity index (χ3v) is 5.78. The fourth-order valence-corrected chi connectivity index (χ4v) is 3.53. The molecule has 0 bridgehead atoms. The van der Waals surface area contributed by atoms with E-state index in [1.54, 1.807) is 12.1 Å². The lowest BCUT2D eigenvalue weighted by atomic mass is 10.1. The monoisotopic (exact) mass is 418 g/mol. The third-order valence-electron chi connectivity index (χ3n) is 4.37. The smallest absolute Gasteiger partial charge is 0.321 e. The normalized spacial score (nSPS) is 12.2. The van der Waals surface area contributed by atoms with Crippen LogP contribution in [0.1, 0.15) is 36.6 Å². The molecule has 0 fully saturated rings. The van der Waals surface area contributed by atoms with Crippen LogP contribution in [0.3, 0.4) is 0 Å². The number of ether oxygens (including phenoxy) is 1. The van der Waals surface area contributed by atoms with Gasteiger partial charge in [0, 0.05) is 0 Å². The highest BCUT2D eigenvalue weighted by Gasteiger charge is 2.17. The molecule has 1 amide bonds. The summed E-state index contributed by atoms with van der Waals surface area (Å²) in [7, 11) is -3.82. The molecule has 2 aromatic carbocycles. The van der Waals surface area contributed by atoms with E-state index in [4.69, 9.17) is 4.74 Å². The summed E-state index contributed by atoms with van der Waals surface area (Å²) in [5, 5.41) is 2.74. The first-order valence-corrected chi connectivity index (χ1v) is 10.8. The molecular weight excluding hydrogens is 392 g/mol. The highest BCUT2D eigenvalue weighted by Crippen LogP contribution is 2.13. The molecule has 29 heavy (non-hydrogen) atoms. The summed E-state index contributed by atoms with van der Waals surface area (Å²) < 4.78 is 31.3. The van der Waals surface area contributed by atoms with Gasteiger partial charge in [-0.15, -0.1) is 0 Å². The Bertz CT molecular complexity index is 938. The van der Waals surface area contributed by atoms with Crippen molar-refractivity contribution in [3.8, 4) is 0 Å². The Hall–Kier alpha value is -2.71. The van der Waals surface area contributed by atoms with Gasteiger partial charge < -0.3 is 10.1 Å². The zero-order valence-corrected chi connectivity index (χ0v) is 17.6. The molecule has 0 aliphatic rings. The molecule has 0 aliphatic heterocycles. The average Bonchev–Trinajstić information content (AvgIpc) is 2.71. The van der Waals surface area contributed by atoms with E-state index >= 15 is 0 Å². The number of carbonyl (C=O) groups excluding carboxylic acids is 2. The summed E-state index contributed by atoms with van der Waals surface area (Å²) in [6.07, 6.45) is 0.935. The first kappa shape index (κ1) is 22.6. The molecule has 8 heteroatoms. The van der Waals surface area contributed by atoms with Gasteiger partial charge in [0.15, 0.2) is 6.61 Å². The molecule has 2 N–H and O–H groups in total. The van der Waals surface area contributed by atoms with Crippen LogP contribution in [0.15, 0.2) is 53.4 Å². The molecule has 7 nitrogen and oxygen atoms in total. The van der Waals surface area contributed by atoms with Gasteiger partial charge in [0.25, 0.3) is 5.91 Å². The van der Waals surface area contributed by atoms with Crippen molar-refractivity contribution in [1.82, 2.24) is 10.0 Å². The molecule has 1 atom stereocenters. The van der Waals surface area contributed by atoms with Gasteiger partial charge in [-0.1, -0.05) is 48.9 Å². The van der Waals surface area contributed by atoms with Crippen LogP contribution < -0.4 is 10.0 Å². The second-order valence-corrected chi connectivity index (χ2v) is 8.45. The van der Waals surface area contributed by atoms with Gasteiger partial charge in [-0.05, 0) is 43.5 Å². The number of hydrogen-bond acceptors (Lipinski definition) is 5. The molecule has 2 aromatic rings. The molecular formula is C21H26N2O5S. The second-order valence-electron chi connectivity index (χ2n) is 6.68. The van der Waals surface area contributed by atoms with Gasteiger partial charge in [-0.3, -0.25) is 9.59 Å².